The van der Waals surface area contributed by atoms with E-state index in [2.05, 4.69) is 16.3 Å². The maximum atomic E-state index is 12.6. The molecule has 0 aliphatic carbocycles. The van der Waals surface area contributed by atoms with Gasteiger partial charge in [0.2, 0.25) is 0 Å². The van der Waals surface area contributed by atoms with E-state index < -0.39 is 11.7 Å². The van der Waals surface area contributed by atoms with Gasteiger partial charge in [-0.05, 0) is 36.6 Å². The van der Waals surface area contributed by atoms with Gasteiger partial charge < -0.3 is 4.57 Å². The molecule has 3 rings (SSSR count). The number of hydrogen-bond acceptors (Lipinski definition) is 3. The second-order valence-electron chi connectivity index (χ2n) is 5.69. The largest absolute Gasteiger partial charge is 0.416 e. The number of halogens is 3. The molecule has 0 saturated heterocycles. The monoisotopic (exact) mass is 332 g/mol. The van der Waals surface area contributed by atoms with Crippen LogP contribution in [0.5, 0.6) is 0 Å². The second kappa shape index (κ2) is 6.48. The van der Waals surface area contributed by atoms with Crippen molar-refractivity contribution in [2.24, 2.45) is 0 Å². The van der Waals surface area contributed by atoms with Crippen molar-refractivity contribution in [2.45, 2.75) is 38.4 Å². The van der Waals surface area contributed by atoms with Crippen LogP contribution < -0.4 is 0 Å². The quantitative estimate of drug-likeness (QED) is 0.779. The Balaban J connectivity index is 1.93. The third-order valence-electron chi connectivity index (χ3n) is 4.02. The predicted octanol–water partition coefficient (Wildman–Crippen LogP) is 4.09. The first kappa shape index (κ1) is 16.2. The fourth-order valence-electron chi connectivity index (χ4n) is 2.77. The lowest BCUT2D eigenvalue weighted by molar-refractivity contribution is -0.137. The average molecular weight is 332 g/mol. The number of allylic oxidation sites excluding steroid dienone is 1. The molecular formula is C17H15F3N4. The summed E-state index contributed by atoms with van der Waals surface area (Å²) in [6, 6.07) is 6.79. The van der Waals surface area contributed by atoms with Crippen LogP contribution in [-0.2, 0) is 19.1 Å². The maximum Gasteiger partial charge on any atom is 0.416 e. The topological polar surface area (TPSA) is 54.5 Å². The summed E-state index contributed by atoms with van der Waals surface area (Å²) < 4.78 is 39.8. The summed E-state index contributed by atoms with van der Waals surface area (Å²) >= 11 is 0. The summed E-state index contributed by atoms with van der Waals surface area (Å²) in [6.07, 6.45) is 1.14. The van der Waals surface area contributed by atoms with E-state index in [-0.39, 0.29) is 0 Å². The molecular weight excluding hydrogens is 317 g/mol. The summed E-state index contributed by atoms with van der Waals surface area (Å²) in [5.41, 5.74) is 0.107. The Hall–Kier alpha value is -2.62. The first-order chi connectivity index (χ1) is 11.5. The van der Waals surface area contributed by atoms with Crippen molar-refractivity contribution in [1.82, 2.24) is 14.8 Å². The van der Waals surface area contributed by atoms with Crippen molar-refractivity contribution >= 4 is 11.6 Å². The molecule has 0 bridgehead atoms. The van der Waals surface area contributed by atoms with E-state index in [9.17, 15) is 18.4 Å². The van der Waals surface area contributed by atoms with E-state index in [0.717, 1.165) is 50.2 Å². The molecule has 4 nitrogen and oxygen atoms in total. The molecule has 2 heterocycles. The molecule has 2 aromatic rings. The van der Waals surface area contributed by atoms with Gasteiger partial charge in [-0.2, -0.15) is 18.4 Å². The minimum absolute atomic E-state index is 0.301. The smallest absolute Gasteiger partial charge is 0.310 e. The highest BCUT2D eigenvalue weighted by Gasteiger charge is 2.29. The Bertz CT molecular complexity index is 795. The number of nitrogens with zero attached hydrogens (tertiary/aromatic N) is 4. The van der Waals surface area contributed by atoms with Gasteiger partial charge in [-0.15, -0.1) is 10.2 Å². The molecule has 1 aliphatic heterocycles. The average Bonchev–Trinajstić information content (AvgIpc) is 2.80. The normalized spacial score (nSPS) is 15.5. The summed E-state index contributed by atoms with van der Waals surface area (Å²) in [5, 5.41) is 17.7. The van der Waals surface area contributed by atoms with Crippen LogP contribution in [0, 0.1) is 11.3 Å². The number of aryl methyl sites for hydroxylation is 1. The van der Waals surface area contributed by atoms with Gasteiger partial charge in [-0.25, -0.2) is 0 Å². The highest BCUT2D eigenvalue weighted by atomic mass is 19.4. The van der Waals surface area contributed by atoms with Gasteiger partial charge >= 0.3 is 6.18 Å². The third kappa shape index (κ3) is 3.32. The van der Waals surface area contributed by atoms with Gasteiger partial charge in [0, 0.05) is 13.0 Å². The highest BCUT2D eigenvalue weighted by Crippen LogP contribution is 2.29. The minimum Gasteiger partial charge on any atom is -0.310 e. The van der Waals surface area contributed by atoms with Crippen molar-refractivity contribution in [1.29, 1.82) is 5.26 Å². The van der Waals surface area contributed by atoms with Crippen molar-refractivity contribution in [3.05, 3.63) is 47.0 Å². The molecule has 0 N–H and O–H groups in total. The molecule has 24 heavy (non-hydrogen) atoms. The van der Waals surface area contributed by atoms with E-state index in [4.69, 9.17) is 0 Å². The summed E-state index contributed by atoms with van der Waals surface area (Å²) in [7, 11) is 0. The molecule has 1 aromatic carbocycles. The van der Waals surface area contributed by atoms with Gasteiger partial charge in [0.05, 0.1) is 11.1 Å². The zero-order valence-corrected chi connectivity index (χ0v) is 12.8. The fraction of sp³-hybridized carbons (Fsp3) is 0.353. The van der Waals surface area contributed by atoms with E-state index in [1.165, 1.54) is 12.1 Å². The van der Waals surface area contributed by atoms with Crippen LogP contribution in [0.2, 0.25) is 0 Å². The van der Waals surface area contributed by atoms with Gasteiger partial charge in [-0.3, -0.25) is 0 Å². The van der Waals surface area contributed by atoms with Gasteiger partial charge in [0.15, 0.2) is 5.82 Å². The molecule has 0 spiro atoms. The second-order valence-corrected chi connectivity index (χ2v) is 5.69. The molecule has 7 heteroatoms. The van der Waals surface area contributed by atoms with E-state index in [1.807, 2.05) is 4.57 Å². The molecule has 1 aliphatic rings. The van der Waals surface area contributed by atoms with Crippen LogP contribution in [0.4, 0.5) is 13.2 Å². The zero-order valence-electron chi connectivity index (χ0n) is 12.8. The first-order valence-electron chi connectivity index (χ1n) is 7.70. The van der Waals surface area contributed by atoms with Crippen LogP contribution in [-0.4, -0.2) is 14.8 Å². The molecule has 0 atom stereocenters. The lowest BCUT2D eigenvalue weighted by Gasteiger charge is -2.07. The maximum absolute atomic E-state index is 12.6. The fourth-order valence-corrected chi connectivity index (χ4v) is 2.77. The molecule has 0 radical (unpaired) electrons. The number of alkyl halides is 3. The lowest BCUT2D eigenvalue weighted by Crippen LogP contribution is -2.05. The molecule has 0 saturated carbocycles. The van der Waals surface area contributed by atoms with Crippen LogP contribution in [0.25, 0.3) is 11.6 Å². The molecule has 124 valence electrons. The number of rotatable bonds is 2. The minimum atomic E-state index is -4.37. The van der Waals surface area contributed by atoms with Crippen molar-refractivity contribution < 1.29 is 13.2 Å². The molecule has 1 aromatic heterocycles. The first-order valence-corrected chi connectivity index (χ1v) is 7.70. The Morgan fingerprint density at radius 3 is 2.54 bits per heavy atom. The number of hydrogen-bond donors (Lipinski definition) is 0. The van der Waals surface area contributed by atoms with Gasteiger partial charge in [-0.1, -0.05) is 18.6 Å². The number of benzene rings is 1. The van der Waals surface area contributed by atoms with E-state index >= 15 is 0 Å². The molecule has 0 amide bonds. The Morgan fingerprint density at radius 1 is 1.12 bits per heavy atom. The van der Waals surface area contributed by atoms with Crippen LogP contribution in [0.1, 0.15) is 42.0 Å². The number of aromatic nitrogens is 3. The summed E-state index contributed by atoms with van der Waals surface area (Å²) in [5.74, 6) is 1.34. The zero-order chi connectivity index (χ0) is 17.2. The van der Waals surface area contributed by atoms with Crippen LogP contribution in [0.3, 0.4) is 0 Å². The van der Waals surface area contributed by atoms with E-state index in [1.54, 1.807) is 6.08 Å². The number of fused-ring (bicyclic) bond motifs is 1. The Kier molecular flexibility index (Phi) is 4.38. The van der Waals surface area contributed by atoms with Crippen LogP contribution >= 0.6 is 0 Å². The van der Waals surface area contributed by atoms with Gasteiger partial charge in [0.25, 0.3) is 0 Å². The van der Waals surface area contributed by atoms with Crippen molar-refractivity contribution in [3.8, 4) is 6.07 Å². The van der Waals surface area contributed by atoms with Crippen LogP contribution in [0.15, 0.2) is 24.3 Å². The highest BCUT2D eigenvalue weighted by molar-refractivity contribution is 5.87. The van der Waals surface area contributed by atoms with Crippen molar-refractivity contribution in [3.63, 3.8) is 0 Å². The third-order valence-corrected chi connectivity index (χ3v) is 4.02. The van der Waals surface area contributed by atoms with E-state index in [0.29, 0.717) is 17.0 Å². The number of nitriles is 1. The Morgan fingerprint density at radius 2 is 1.88 bits per heavy atom. The van der Waals surface area contributed by atoms with Gasteiger partial charge in [0.1, 0.15) is 11.9 Å². The Labute approximate surface area is 137 Å². The standard InChI is InChI=1S/C17H15F3N4/c18-17(19,20)14-7-5-12(6-8-14)10-13(11-21)16-23-22-15-4-2-1-3-9-24(15)16/h5-8,10H,1-4,9H2/b13-10+. The summed E-state index contributed by atoms with van der Waals surface area (Å²) in [4.78, 5) is 0. The lowest BCUT2D eigenvalue weighted by atomic mass is 10.1. The predicted molar refractivity (Wildman–Crippen MR) is 82.5 cm³/mol. The van der Waals surface area contributed by atoms with Crippen molar-refractivity contribution in [2.75, 3.05) is 0 Å². The molecule has 0 fully saturated rings. The SMILES string of the molecule is N#C/C(=C\c1ccc(C(F)(F)F)cc1)c1nnc2n1CCCCC2. The molecule has 0 unspecified atom stereocenters. The summed E-state index contributed by atoms with van der Waals surface area (Å²) in [6.45, 7) is 0.754.